The second kappa shape index (κ2) is 9.30. The minimum absolute atomic E-state index is 0.0836. The van der Waals surface area contributed by atoms with Crippen molar-refractivity contribution >= 4 is 17.6 Å². The summed E-state index contributed by atoms with van der Waals surface area (Å²) in [6.07, 6.45) is 2.50. The van der Waals surface area contributed by atoms with Crippen molar-refractivity contribution in [3.8, 4) is 0 Å². The largest absolute Gasteiger partial charge is 0.352 e. The van der Waals surface area contributed by atoms with Crippen molar-refractivity contribution in [2.45, 2.75) is 19.3 Å². The molecule has 0 aliphatic carbocycles. The summed E-state index contributed by atoms with van der Waals surface area (Å²) in [5.41, 5.74) is 0.746. The zero-order valence-corrected chi connectivity index (χ0v) is 15.5. The summed E-state index contributed by atoms with van der Waals surface area (Å²) >= 11 is 0. The van der Waals surface area contributed by atoms with Gasteiger partial charge in [0, 0.05) is 37.0 Å². The predicted octanol–water partition coefficient (Wildman–Crippen LogP) is 4.03. The fourth-order valence-electron chi connectivity index (χ4n) is 3.33. The van der Waals surface area contributed by atoms with Crippen LogP contribution in [0.3, 0.4) is 0 Å². The van der Waals surface area contributed by atoms with Crippen molar-refractivity contribution in [1.82, 2.24) is 10.2 Å². The lowest BCUT2D eigenvalue weighted by molar-refractivity contribution is 0.0949. The Bertz CT molecular complexity index is 801. The molecule has 0 unspecified atom stereocenters. The van der Waals surface area contributed by atoms with Gasteiger partial charge in [0.1, 0.15) is 11.6 Å². The molecule has 1 aliphatic heterocycles. The van der Waals surface area contributed by atoms with Gasteiger partial charge in [-0.1, -0.05) is 18.2 Å². The highest BCUT2D eigenvalue weighted by molar-refractivity contribution is 5.94. The van der Waals surface area contributed by atoms with Crippen LogP contribution in [0, 0.1) is 17.6 Å². The Kier molecular flexibility index (Phi) is 6.57. The van der Waals surface area contributed by atoms with Crippen molar-refractivity contribution in [3.05, 3.63) is 65.7 Å². The van der Waals surface area contributed by atoms with E-state index in [9.17, 15) is 18.4 Å². The maximum Gasteiger partial charge on any atom is 0.321 e. The van der Waals surface area contributed by atoms with Crippen molar-refractivity contribution < 1.29 is 18.4 Å². The molecule has 1 heterocycles. The van der Waals surface area contributed by atoms with Crippen molar-refractivity contribution in [2.75, 3.05) is 25.0 Å². The van der Waals surface area contributed by atoms with Crippen LogP contribution in [0.1, 0.15) is 29.6 Å². The number of benzene rings is 2. The molecule has 0 aromatic heterocycles. The zero-order chi connectivity index (χ0) is 19.9. The number of carbonyl (C=O) groups excluding carboxylic acids is 2. The van der Waals surface area contributed by atoms with Crippen LogP contribution < -0.4 is 10.6 Å². The highest BCUT2D eigenvalue weighted by Gasteiger charge is 2.23. The van der Waals surface area contributed by atoms with Gasteiger partial charge in [-0.05, 0) is 49.4 Å². The molecular formula is C21H23F2N3O2. The summed E-state index contributed by atoms with van der Waals surface area (Å²) in [6, 6.07) is 11.6. The first-order valence-electron chi connectivity index (χ1n) is 9.36. The number of likely N-dealkylation sites (tertiary alicyclic amines) is 1. The third kappa shape index (κ3) is 5.52. The van der Waals surface area contributed by atoms with Gasteiger partial charge in [-0.2, -0.15) is 0 Å². The Morgan fingerprint density at radius 2 is 1.64 bits per heavy atom. The smallest absolute Gasteiger partial charge is 0.321 e. The van der Waals surface area contributed by atoms with E-state index in [1.807, 2.05) is 18.2 Å². The predicted molar refractivity (Wildman–Crippen MR) is 103 cm³/mol. The van der Waals surface area contributed by atoms with Crippen LogP contribution in [-0.4, -0.2) is 36.5 Å². The molecular weight excluding hydrogens is 364 g/mol. The number of nitrogens with zero attached hydrogens (tertiary/aromatic N) is 1. The minimum Gasteiger partial charge on any atom is -0.352 e. The minimum atomic E-state index is -0.730. The fraction of sp³-hybridized carbons (Fsp3) is 0.333. The number of anilines is 1. The standard InChI is InChI=1S/C21H23F2N3O2/c22-17-12-18(23)14-19(13-17)25-21(28)26-10-7-15(8-11-26)6-9-24-20(27)16-4-2-1-3-5-16/h1-5,12-15H,6-11H2,(H,24,27)(H,25,28). The molecule has 148 valence electrons. The van der Waals surface area contributed by atoms with Crippen molar-refractivity contribution in [3.63, 3.8) is 0 Å². The van der Waals surface area contributed by atoms with Gasteiger partial charge in [0.05, 0.1) is 0 Å². The number of hydrogen-bond acceptors (Lipinski definition) is 2. The summed E-state index contributed by atoms with van der Waals surface area (Å²) in [4.78, 5) is 25.9. The number of hydrogen-bond donors (Lipinski definition) is 2. The lowest BCUT2D eigenvalue weighted by atomic mass is 9.93. The molecule has 0 saturated carbocycles. The summed E-state index contributed by atoms with van der Waals surface area (Å²) < 4.78 is 26.4. The topological polar surface area (TPSA) is 61.4 Å². The quantitative estimate of drug-likeness (QED) is 0.814. The monoisotopic (exact) mass is 387 g/mol. The number of piperidine rings is 1. The first kappa shape index (κ1) is 19.8. The molecule has 0 bridgehead atoms. The van der Waals surface area contributed by atoms with Crippen LogP contribution in [0.15, 0.2) is 48.5 Å². The van der Waals surface area contributed by atoms with Gasteiger partial charge in [0.2, 0.25) is 0 Å². The lowest BCUT2D eigenvalue weighted by Gasteiger charge is -2.32. The number of rotatable bonds is 5. The fourth-order valence-corrected chi connectivity index (χ4v) is 3.33. The molecule has 7 heteroatoms. The van der Waals surface area contributed by atoms with E-state index in [0.29, 0.717) is 31.1 Å². The van der Waals surface area contributed by atoms with Gasteiger partial charge in [0.25, 0.3) is 5.91 Å². The third-order valence-electron chi connectivity index (χ3n) is 4.89. The average molecular weight is 387 g/mol. The highest BCUT2D eigenvalue weighted by Crippen LogP contribution is 2.21. The lowest BCUT2D eigenvalue weighted by Crippen LogP contribution is -2.41. The molecule has 1 fully saturated rings. The van der Waals surface area contributed by atoms with Gasteiger partial charge < -0.3 is 15.5 Å². The highest BCUT2D eigenvalue weighted by atomic mass is 19.1. The van der Waals surface area contributed by atoms with E-state index < -0.39 is 11.6 Å². The molecule has 1 aliphatic rings. The summed E-state index contributed by atoms with van der Waals surface area (Å²) in [5, 5.41) is 5.45. The maximum absolute atomic E-state index is 13.2. The normalized spacial score (nSPS) is 14.6. The molecule has 2 N–H and O–H groups in total. The molecule has 3 amide bonds. The van der Waals surface area contributed by atoms with Crippen LogP contribution in [0.5, 0.6) is 0 Å². The summed E-state index contributed by atoms with van der Waals surface area (Å²) in [7, 11) is 0. The Morgan fingerprint density at radius 1 is 1.00 bits per heavy atom. The molecule has 5 nitrogen and oxygen atoms in total. The number of nitrogens with one attached hydrogen (secondary N) is 2. The Hall–Kier alpha value is -2.96. The molecule has 0 spiro atoms. The third-order valence-corrected chi connectivity index (χ3v) is 4.89. The number of urea groups is 1. The van der Waals surface area contributed by atoms with Crippen LogP contribution in [0.25, 0.3) is 0 Å². The molecule has 3 rings (SSSR count). The molecule has 0 radical (unpaired) electrons. The zero-order valence-electron chi connectivity index (χ0n) is 15.5. The molecule has 2 aromatic carbocycles. The molecule has 0 atom stereocenters. The Labute approximate surface area is 162 Å². The van der Waals surface area contributed by atoms with Gasteiger partial charge >= 0.3 is 6.03 Å². The summed E-state index contributed by atoms with van der Waals surface area (Å²) in [6.45, 7) is 1.73. The summed E-state index contributed by atoms with van der Waals surface area (Å²) in [5.74, 6) is -1.12. The van der Waals surface area contributed by atoms with E-state index in [2.05, 4.69) is 10.6 Å². The van der Waals surface area contributed by atoms with E-state index in [1.54, 1.807) is 17.0 Å². The maximum atomic E-state index is 13.2. The SMILES string of the molecule is O=C(NCCC1CCN(C(=O)Nc2cc(F)cc(F)c2)CC1)c1ccccc1. The molecule has 2 aromatic rings. The Morgan fingerprint density at radius 3 is 2.29 bits per heavy atom. The second-order valence-corrected chi connectivity index (χ2v) is 6.93. The second-order valence-electron chi connectivity index (χ2n) is 6.93. The first-order chi connectivity index (χ1) is 13.5. The van der Waals surface area contributed by atoms with Crippen LogP contribution in [-0.2, 0) is 0 Å². The van der Waals surface area contributed by atoms with Crippen molar-refractivity contribution in [2.24, 2.45) is 5.92 Å². The average Bonchev–Trinajstić information content (AvgIpc) is 2.68. The van der Waals surface area contributed by atoms with Crippen LogP contribution in [0.4, 0.5) is 19.3 Å². The first-order valence-corrected chi connectivity index (χ1v) is 9.36. The molecule has 1 saturated heterocycles. The van der Waals surface area contributed by atoms with Gasteiger partial charge in [0.15, 0.2) is 0 Å². The van der Waals surface area contributed by atoms with E-state index in [1.165, 1.54) is 0 Å². The van der Waals surface area contributed by atoms with E-state index >= 15 is 0 Å². The van der Waals surface area contributed by atoms with E-state index in [4.69, 9.17) is 0 Å². The number of carbonyl (C=O) groups is 2. The van der Waals surface area contributed by atoms with Gasteiger partial charge in [-0.15, -0.1) is 0 Å². The van der Waals surface area contributed by atoms with Gasteiger partial charge in [-0.3, -0.25) is 4.79 Å². The Balaban J connectivity index is 1.39. The molecule has 28 heavy (non-hydrogen) atoms. The number of halogens is 2. The van der Waals surface area contributed by atoms with Crippen molar-refractivity contribution in [1.29, 1.82) is 0 Å². The van der Waals surface area contributed by atoms with Crippen LogP contribution in [0.2, 0.25) is 0 Å². The number of amides is 3. The van der Waals surface area contributed by atoms with Gasteiger partial charge in [-0.25, -0.2) is 13.6 Å². The van der Waals surface area contributed by atoms with E-state index in [0.717, 1.165) is 37.5 Å². The van der Waals surface area contributed by atoms with E-state index in [-0.39, 0.29) is 17.6 Å². The van der Waals surface area contributed by atoms with Crippen LogP contribution >= 0.6 is 0 Å².